The Labute approximate surface area is 145 Å². The van der Waals surface area contributed by atoms with Crippen molar-refractivity contribution >= 4 is 28.6 Å². The number of nitrogens with zero attached hydrogens (tertiary/aromatic N) is 1. The molecule has 0 N–H and O–H groups in total. The van der Waals surface area contributed by atoms with Crippen molar-refractivity contribution in [2.24, 2.45) is 13.0 Å². The van der Waals surface area contributed by atoms with Crippen LogP contribution in [0.3, 0.4) is 0 Å². The Morgan fingerprint density at radius 3 is 2.76 bits per heavy atom. The third-order valence-corrected chi connectivity index (χ3v) is 4.83. The highest BCUT2D eigenvalue weighted by Crippen LogP contribution is 2.41. The maximum Gasteiger partial charge on any atom is 0.337 e. The summed E-state index contributed by atoms with van der Waals surface area (Å²) in [6.07, 6.45) is 2.94. The molecule has 1 aliphatic rings. The summed E-state index contributed by atoms with van der Waals surface area (Å²) in [5, 5.41) is 0.934. The smallest absolute Gasteiger partial charge is 0.337 e. The Bertz CT molecular complexity index is 851. The SMILES string of the molecule is CCOC(=O)[C@H]1C(=O)CCC1c1cn(C)c2cc(C(=O)OC)ccc12. The molecule has 0 bridgehead atoms. The lowest BCUT2D eigenvalue weighted by atomic mass is 9.88. The third kappa shape index (κ3) is 2.92. The standard InChI is InChI=1S/C19H21NO5/c1-4-25-19(23)17-13(7-8-16(17)21)14-10-20(2)15-9-11(18(22)24-3)5-6-12(14)15/h5-6,9-10,13,17H,4,7-8H2,1-3H3/t13?,17-/m1/s1. The lowest BCUT2D eigenvalue weighted by Crippen LogP contribution is -2.26. The Morgan fingerprint density at radius 1 is 1.32 bits per heavy atom. The largest absolute Gasteiger partial charge is 0.465 e. The summed E-state index contributed by atoms with van der Waals surface area (Å²) in [7, 11) is 3.22. The molecule has 1 fully saturated rings. The Balaban J connectivity index is 2.05. The highest BCUT2D eigenvalue weighted by molar-refractivity contribution is 6.03. The second kappa shape index (κ2) is 6.70. The van der Waals surface area contributed by atoms with Gasteiger partial charge in [-0.15, -0.1) is 0 Å². The number of benzene rings is 1. The van der Waals surface area contributed by atoms with Crippen LogP contribution in [-0.2, 0) is 26.1 Å². The molecule has 1 unspecified atom stereocenters. The summed E-state index contributed by atoms with van der Waals surface area (Å²) in [4.78, 5) is 36.2. The van der Waals surface area contributed by atoms with E-state index in [1.54, 1.807) is 19.1 Å². The molecule has 0 saturated heterocycles. The predicted octanol–water partition coefficient (Wildman–Crippen LogP) is 2.59. The predicted molar refractivity (Wildman–Crippen MR) is 91.4 cm³/mol. The summed E-state index contributed by atoms with van der Waals surface area (Å²) in [6.45, 7) is 1.99. The lowest BCUT2D eigenvalue weighted by Gasteiger charge is -2.16. The van der Waals surface area contributed by atoms with Gasteiger partial charge in [0.05, 0.1) is 19.3 Å². The van der Waals surface area contributed by atoms with Crippen molar-refractivity contribution in [2.75, 3.05) is 13.7 Å². The molecular weight excluding hydrogens is 322 g/mol. The van der Waals surface area contributed by atoms with Gasteiger partial charge in [-0.2, -0.15) is 0 Å². The summed E-state index contributed by atoms with van der Waals surface area (Å²) in [6, 6.07) is 5.32. The van der Waals surface area contributed by atoms with Crippen LogP contribution >= 0.6 is 0 Å². The van der Waals surface area contributed by atoms with Gasteiger partial charge in [0.15, 0.2) is 0 Å². The zero-order chi connectivity index (χ0) is 18.1. The Hall–Kier alpha value is -2.63. The van der Waals surface area contributed by atoms with E-state index in [1.807, 2.05) is 23.9 Å². The maximum atomic E-state index is 12.3. The molecular formula is C19H21NO5. The number of aromatic nitrogens is 1. The van der Waals surface area contributed by atoms with Crippen LogP contribution in [0, 0.1) is 5.92 Å². The number of hydrogen-bond donors (Lipinski definition) is 0. The summed E-state index contributed by atoms with van der Waals surface area (Å²) >= 11 is 0. The van der Waals surface area contributed by atoms with Gasteiger partial charge in [-0.3, -0.25) is 9.59 Å². The molecule has 6 nitrogen and oxygen atoms in total. The Morgan fingerprint density at radius 2 is 2.08 bits per heavy atom. The van der Waals surface area contributed by atoms with Crippen molar-refractivity contribution in [1.82, 2.24) is 4.57 Å². The van der Waals surface area contributed by atoms with Crippen molar-refractivity contribution in [1.29, 1.82) is 0 Å². The average molecular weight is 343 g/mol. The topological polar surface area (TPSA) is 74.6 Å². The summed E-state index contributed by atoms with van der Waals surface area (Å²) < 4.78 is 11.8. The van der Waals surface area contributed by atoms with E-state index in [0.717, 1.165) is 16.5 Å². The molecule has 1 aromatic carbocycles. The molecule has 2 aromatic rings. The van der Waals surface area contributed by atoms with Crippen LogP contribution in [0.5, 0.6) is 0 Å². The molecule has 0 amide bonds. The van der Waals surface area contributed by atoms with Crippen molar-refractivity contribution < 1.29 is 23.9 Å². The van der Waals surface area contributed by atoms with Crippen LogP contribution in [-0.4, -0.2) is 36.0 Å². The summed E-state index contributed by atoms with van der Waals surface area (Å²) in [5.41, 5.74) is 2.27. The minimum atomic E-state index is -0.745. The third-order valence-electron chi connectivity index (χ3n) is 4.83. The fourth-order valence-corrected chi connectivity index (χ4v) is 3.66. The van der Waals surface area contributed by atoms with Crippen LogP contribution in [0.2, 0.25) is 0 Å². The molecule has 25 heavy (non-hydrogen) atoms. The van der Waals surface area contributed by atoms with Gasteiger partial charge >= 0.3 is 11.9 Å². The second-order valence-corrected chi connectivity index (χ2v) is 6.26. The van der Waals surface area contributed by atoms with Gasteiger partial charge in [-0.1, -0.05) is 6.07 Å². The summed E-state index contributed by atoms with van der Waals surface area (Å²) in [5.74, 6) is -1.85. The number of rotatable bonds is 4. The second-order valence-electron chi connectivity index (χ2n) is 6.26. The van der Waals surface area contributed by atoms with Gasteiger partial charge in [0.2, 0.25) is 0 Å². The van der Waals surface area contributed by atoms with Crippen LogP contribution in [0.4, 0.5) is 0 Å². The first kappa shape index (κ1) is 17.2. The van der Waals surface area contributed by atoms with E-state index in [1.165, 1.54) is 7.11 Å². The Kier molecular flexibility index (Phi) is 4.61. The normalized spacial score (nSPS) is 20.0. The van der Waals surface area contributed by atoms with Gasteiger partial charge < -0.3 is 14.0 Å². The number of fused-ring (bicyclic) bond motifs is 1. The van der Waals surface area contributed by atoms with Crippen molar-refractivity contribution in [3.05, 3.63) is 35.5 Å². The highest BCUT2D eigenvalue weighted by atomic mass is 16.5. The molecule has 6 heteroatoms. The highest BCUT2D eigenvalue weighted by Gasteiger charge is 2.42. The number of ether oxygens (including phenoxy) is 2. The van der Waals surface area contributed by atoms with Crippen molar-refractivity contribution in [3.63, 3.8) is 0 Å². The first-order chi connectivity index (χ1) is 12.0. The number of aryl methyl sites for hydroxylation is 1. The molecule has 0 aliphatic heterocycles. The number of carbonyl (C=O) groups excluding carboxylic acids is 3. The molecule has 1 saturated carbocycles. The molecule has 0 radical (unpaired) electrons. The first-order valence-corrected chi connectivity index (χ1v) is 8.34. The first-order valence-electron chi connectivity index (χ1n) is 8.34. The average Bonchev–Trinajstić information content (AvgIpc) is 3.14. The number of hydrogen-bond acceptors (Lipinski definition) is 5. The molecule has 3 rings (SSSR count). The van der Waals surface area contributed by atoms with E-state index in [4.69, 9.17) is 9.47 Å². The van der Waals surface area contributed by atoms with Crippen LogP contribution in [0.15, 0.2) is 24.4 Å². The van der Waals surface area contributed by atoms with Crippen LogP contribution in [0.25, 0.3) is 10.9 Å². The molecule has 1 aliphatic carbocycles. The number of ketones is 1. The van der Waals surface area contributed by atoms with Gasteiger partial charge in [0.1, 0.15) is 11.7 Å². The number of methoxy groups -OCH3 is 1. The van der Waals surface area contributed by atoms with Gasteiger partial charge in [-0.05, 0) is 31.0 Å². The minimum absolute atomic E-state index is 0.0633. The molecule has 1 aromatic heterocycles. The van der Waals surface area contributed by atoms with Crippen molar-refractivity contribution in [3.8, 4) is 0 Å². The zero-order valence-electron chi connectivity index (χ0n) is 14.6. The number of Topliss-reactive ketones (excluding diaryl/α,β-unsaturated/α-hetero) is 1. The van der Waals surface area contributed by atoms with E-state index in [-0.39, 0.29) is 18.3 Å². The lowest BCUT2D eigenvalue weighted by molar-refractivity contribution is -0.151. The fourth-order valence-electron chi connectivity index (χ4n) is 3.66. The fraction of sp³-hybridized carbons (Fsp3) is 0.421. The number of carbonyl (C=O) groups is 3. The van der Waals surface area contributed by atoms with Gasteiger partial charge in [0.25, 0.3) is 0 Å². The molecule has 132 valence electrons. The monoisotopic (exact) mass is 343 g/mol. The maximum absolute atomic E-state index is 12.3. The van der Waals surface area contributed by atoms with Crippen LogP contribution < -0.4 is 0 Å². The molecule has 2 atom stereocenters. The zero-order valence-corrected chi connectivity index (χ0v) is 14.6. The van der Waals surface area contributed by atoms with E-state index in [0.29, 0.717) is 18.4 Å². The van der Waals surface area contributed by atoms with Gasteiger partial charge in [0, 0.05) is 36.5 Å². The van der Waals surface area contributed by atoms with E-state index < -0.39 is 17.9 Å². The molecule has 0 spiro atoms. The van der Waals surface area contributed by atoms with Crippen LogP contribution in [0.1, 0.15) is 41.6 Å². The quantitative estimate of drug-likeness (QED) is 0.630. The number of esters is 2. The minimum Gasteiger partial charge on any atom is -0.465 e. The van der Waals surface area contributed by atoms with Gasteiger partial charge in [-0.25, -0.2) is 4.79 Å². The van der Waals surface area contributed by atoms with E-state index in [2.05, 4.69) is 0 Å². The molecule has 1 heterocycles. The van der Waals surface area contributed by atoms with E-state index >= 15 is 0 Å². The van der Waals surface area contributed by atoms with E-state index in [9.17, 15) is 14.4 Å². The van der Waals surface area contributed by atoms with Crippen molar-refractivity contribution in [2.45, 2.75) is 25.7 Å².